The minimum Gasteiger partial charge on any atom is -0.409 e. The summed E-state index contributed by atoms with van der Waals surface area (Å²) in [5, 5.41) is 26.3. The summed E-state index contributed by atoms with van der Waals surface area (Å²) < 4.78 is 38.9. The largest absolute Gasteiger partial charge is 0.409 e. The third-order valence-corrected chi connectivity index (χ3v) is 6.00. The van der Waals surface area contributed by atoms with Gasteiger partial charge in [-0.3, -0.25) is 0 Å². The van der Waals surface area contributed by atoms with Crippen molar-refractivity contribution in [2.45, 2.75) is 18.5 Å². The van der Waals surface area contributed by atoms with Gasteiger partial charge < -0.3 is 15.8 Å². The van der Waals surface area contributed by atoms with E-state index in [4.69, 9.17) is 9.41 Å². The van der Waals surface area contributed by atoms with Crippen molar-refractivity contribution in [1.82, 2.24) is 19.9 Å². The first-order chi connectivity index (χ1) is 12.8. The Morgan fingerprint density at radius 1 is 1.48 bits per heavy atom. The molecule has 0 radical (unpaired) electrons. The third kappa shape index (κ3) is 3.32. The standard InChI is InChI=1S/C15H18FN7O3S/c1-27(17,25)23-6-10(7-23)18-15-13(21-26-22-15)14(20-24)19-12-4-8-2-3-9(16)5-11(8)12/h2-3,5,10,12,17,24H,4,6-7H2,1H3,(H,18,22)(H,19,20)/t12-,27?/m0/s1. The smallest absolute Gasteiger partial charge is 0.202 e. The van der Waals surface area contributed by atoms with E-state index in [1.165, 1.54) is 22.7 Å². The molecule has 0 saturated carbocycles. The molecule has 1 unspecified atom stereocenters. The Morgan fingerprint density at radius 2 is 2.26 bits per heavy atom. The Balaban J connectivity index is 1.44. The summed E-state index contributed by atoms with van der Waals surface area (Å²) >= 11 is 0. The van der Waals surface area contributed by atoms with Crippen LogP contribution < -0.4 is 10.6 Å². The molecular weight excluding hydrogens is 377 g/mol. The van der Waals surface area contributed by atoms with E-state index in [0.29, 0.717) is 19.5 Å². The lowest BCUT2D eigenvalue weighted by Gasteiger charge is -2.38. The first kappa shape index (κ1) is 17.7. The van der Waals surface area contributed by atoms with Crippen molar-refractivity contribution < 1.29 is 18.4 Å². The van der Waals surface area contributed by atoms with Crippen molar-refractivity contribution in [2.75, 3.05) is 24.7 Å². The molecule has 1 saturated heterocycles. The fourth-order valence-electron chi connectivity index (χ4n) is 3.16. The summed E-state index contributed by atoms with van der Waals surface area (Å²) in [4.78, 5) is 0. The van der Waals surface area contributed by atoms with E-state index in [2.05, 4.69) is 26.1 Å². The van der Waals surface area contributed by atoms with Crippen LogP contribution in [-0.2, 0) is 16.3 Å². The molecule has 4 N–H and O–H groups in total. The van der Waals surface area contributed by atoms with Gasteiger partial charge in [0.15, 0.2) is 11.5 Å². The zero-order valence-electron chi connectivity index (χ0n) is 14.3. The molecule has 10 nitrogen and oxygen atoms in total. The number of nitrogens with one attached hydrogen (secondary N) is 3. The Morgan fingerprint density at radius 3 is 2.96 bits per heavy atom. The predicted octanol–water partition coefficient (Wildman–Crippen LogP) is 0.919. The fourth-order valence-corrected chi connectivity index (χ4v) is 4.09. The van der Waals surface area contributed by atoms with E-state index in [-0.39, 0.29) is 35.2 Å². The van der Waals surface area contributed by atoms with Crippen LogP contribution in [0.3, 0.4) is 0 Å². The maximum Gasteiger partial charge on any atom is 0.202 e. The molecule has 0 bridgehead atoms. The maximum atomic E-state index is 13.4. The lowest BCUT2D eigenvalue weighted by molar-refractivity contribution is 0.287. The third-order valence-electron chi connectivity index (χ3n) is 4.71. The van der Waals surface area contributed by atoms with Gasteiger partial charge in [0.25, 0.3) is 0 Å². The van der Waals surface area contributed by atoms with Crippen molar-refractivity contribution in [3.8, 4) is 0 Å². The molecule has 4 rings (SSSR count). The fraction of sp³-hybridized carbons (Fsp3) is 0.400. The zero-order chi connectivity index (χ0) is 19.2. The maximum absolute atomic E-state index is 13.4. The number of oxime groups is 1. The second kappa shape index (κ2) is 6.46. The lowest BCUT2D eigenvalue weighted by atomic mass is 9.83. The highest BCUT2D eigenvalue weighted by molar-refractivity contribution is 7.89. The summed E-state index contributed by atoms with van der Waals surface area (Å²) in [5.41, 5.74) is 2.00. The Kier molecular flexibility index (Phi) is 4.23. The first-order valence-corrected chi connectivity index (χ1v) is 10.1. The van der Waals surface area contributed by atoms with Gasteiger partial charge in [0.05, 0.1) is 12.1 Å². The van der Waals surface area contributed by atoms with Gasteiger partial charge in [0, 0.05) is 19.3 Å². The van der Waals surface area contributed by atoms with Gasteiger partial charge in [0.2, 0.25) is 5.82 Å². The summed E-state index contributed by atoms with van der Waals surface area (Å²) in [6.45, 7) is 0.832. The molecule has 1 aliphatic carbocycles. The molecule has 2 aromatic rings. The molecule has 12 heteroatoms. The van der Waals surface area contributed by atoms with E-state index in [1.807, 2.05) is 0 Å². The van der Waals surface area contributed by atoms with E-state index >= 15 is 0 Å². The summed E-state index contributed by atoms with van der Waals surface area (Å²) in [7, 11) is -2.73. The quantitative estimate of drug-likeness (QED) is 0.255. The zero-order valence-corrected chi connectivity index (χ0v) is 15.2. The van der Waals surface area contributed by atoms with Crippen LogP contribution in [0.1, 0.15) is 22.9 Å². The van der Waals surface area contributed by atoms with Crippen molar-refractivity contribution in [3.63, 3.8) is 0 Å². The average Bonchev–Trinajstić information content (AvgIpc) is 3.00. The van der Waals surface area contributed by atoms with Crippen LogP contribution in [0.2, 0.25) is 0 Å². The monoisotopic (exact) mass is 395 g/mol. The van der Waals surface area contributed by atoms with Crippen molar-refractivity contribution in [2.24, 2.45) is 5.16 Å². The van der Waals surface area contributed by atoms with Gasteiger partial charge in [-0.05, 0) is 40.0 Å². The highest BCUT2D eigenvalue weighted by atomic mass is 32.2. The van der Waals surface area contributed by atoms with Crippen LogP contribution >= 0.6 is 0 Å². The molecule has 0 amide bonds. The highest BCUT2D eigenvalue weighted by Crippen LogP contribution is 2.34. The number of nitrogens with zero attached hydrogens (tertiary/aromatic N) is 4. The number of rotatable bonds is 5. The first-order valence-electron chi connectivity index (χ1n) is 8.20. The van der Waals surface area contributed by atoms with Crippen molar-refractivity contribution in [3.05, 3.63) is 40.8 Å². The number of benzene rings is 1. The molecule has 1 fully saturated rings. The van der Waals surface area contributed by atoms with Crippen LogP contribution in [-0.4, -0.2) is 55.3 Å². The molecular formula is C15H18FN7O3S. The van der Waals surface area contributed by atoms with Crippen LogP contribution in [0.4, 0.5) is 10.2 Å². The molecule has 144 valence electrons. The normalized spacial score (nSPS) is 22.3. The van der Waals surface area contributed by atoms with Crippen molar-refractivity contribution >= 4 is 21.6 Å². The number of hydrogen-bond acceptors (Lipinski definition) is 8. The summed E-state index contributed by atoms with van der Waals surface area (Å²) in [6, 6.07) is 4.28. The lowest BCUT2D eigenvalue weighted by Crippen LogP contribution is -2.56. The van der Waals surface area contributed by atoms with Gasteiger partial charge in [-0.15, -0.1) is 0 Å². The second-order valence-electron chi connectivity index (χ2n) is 6.64. The Hall–Kier alpha value is -2.73. The van der Waals surface area contributed by atoms with Gasteiger partial charge in [0.1, 0.15) is 15.7 Å². The van der Waals surface area contributed by atoms with Crippen LogP contribution in [0.5, 0.6) is 0 Å². The van der Waals surface area contributed by atoms with E-state index in [1.54, 1.807) is 6.07 Å². The number of anilines is 1. The van der Waals surface area contributed by atoms with Gasteiger partial charge in [-0.1, -0.05) is 11.2 Å². The molecule has 2 heterocycles. The van der Waals surface area contributed by atoms with E-state index in [0.717, 1.165) is 11.1 Å². The number of hydrogen-bond donors (Lipinski definition) is 4. The van der Waals surface area contributed by atoms with E-state index in [9.17, 15) is 13.8 Å². The molecule has 27 heavy (non-hydrogen) atoms. The van der Waals surface area contributed by atoms with E-state index < -0.39 is 9.92 Å². The summed E-state index contributed by atoms with van der Waals surface area (Å²) in [6.07, 6.45) is 2.03. The molecule has 2 atom stereocenters. The number of halogens is 1. The second-order valence-corrected chi connectivity index (χ2v) is 8.77. The number of fused-ring (bicyclic) bond motifs is 1. The van der Waals surface area contributed by atoms with Crippen LogP contribution in [0, 0.1) is 10.6 Å². The SMILES string of the molecule is CS(=N)(=O)N1CC(Nc2nonc2C(=NO)N[C@H]2Cc3ccc(F)cc32)C1. The van der Waals surface area contributed by atoms with Crippen LogP contribution in [0.15, 0.2) is 28.0 Å². The molecule has 1 aromatic carbocycles. The topological polar surface area (TPSA) is 140 Å². The minimum atomic E-state index is -2.73. The predicted molar refractivity (Wildman–Crippen MR) is 94.4 cm³/mol. The minimum absolute atomic E-state index is 0.0506. The number of amidine groups is 1. The van der Waals surface area contributed by atoms with Crippen LogP contribution in [0.25, 0.3) is 0 Å². The summed E-state index contributed by atoms with van der Waals surface area (Å²) in [5.74, 6) is -0.00873. The van der Waals surface area contributed by atoms with Gasteiger partial charge in [-0.2, -0.15) is 0 Å². The number of aromatic nitrogens is 2. The molecule has 2 aliphatic rings. The Labute approximate surface area is 154 Å². The highest BCUT2D eigenvalue weighted by Gasteiger charge is 2.34. The molecule has 0 spiro atoms. The van der Waals surface area contributed by atoms with Gasteiger partial charge >= 0.3 is 0 Å². The van der Waals surface area contributed by atoms with Crippen molar-refractivity contribution in [1.29, 1.82) is 4.78 Å². The molecule has 1 aliphatic heterocycles. The van der Waals surface area contributed by atoms with Gasteiger partial charge in [-0.25, -0.2) is 22.3 Å². The molecule has 1 aromatic heterocycles. The average molecular weight is 395 g/mol. The Bertz CT molecular complexity index is 1000.